The number of nitrogens with one attached hydrogen (secondary N) is 1. The van der Waals surface area contributed by atoms with E-state index >= 15 is 0 Å². The lowest BCUT2D eigenvalue weighted by molar-refractivity contribution is -0.113. The normalized spacial score (nSPS) is 10.8. The second-order valence-corrected chi connectivity index (χ2v) is 10.7. The van der Waals surface area contributed by atoms with Crippen LogP contribution in [0.4, 0.5) is 5.00 Å². The molecule has 0 aliphatic carbocycles. The number of thiophene rings is 1. The highest BCUT2D eigenvalue weighted by molar-refractivity contribution is 9.10. The Labute approximate surface area is 235 Å². The van der Waals surface area contributed by atoms with Crippen LogP contribution in [-0.4, -0.2) is 39.5 Å². The van der Waals surface area contributed by atoms with Crippen molar-refractivity contribution in [2.24, 2.45) is 0 Å². The molecule has 2 aromatic carbocycles. The van der Waals surface area contributed by atoms with Gasteiger partial charge in [-0.1, -0.05) is 51.4 Å². The lowest BCUT2D eigenvalue weighted by Crippen LogP contribution is -2.16. The molecular formula is C25H22BrClN4O4S2. The maximum absolute atomic E-state index is 12.8. The van der Waals surface area contributed by atoms with Gasteiger partial charge in [-0.15, -0.1) is 21.5 Å². The maximum Gasteiger partial charge on any atom is 0.341 e. The van der Waals surface area contributed by atoms with Gasteiger partial charge in [0, 0.05) is 27.0 Å². The van der Waals surface area contributed by atoms with Gasteiger partial charge < -0.3 is 19.4 Å². The molecule has 1 N–H and O–H groups in total. The molecule has 0 aliphatic rings. The minimum Gasteiger partial charge on any atom is -0.486 e. The summed E-state index contributed by atoms with van der Waals surface area (Å²) in [5.74, 6) is 0.652. The average Bonchev–Trinajstić information content (AvgIpc) is 3.50. The largest absolute Gasteiger partial charge is 0.486 e. The molecule has 2 aromatic heterocycles. The van der Waals surface area contributed by atoms with Crippen molar-refractivity contribution in [3.8, 4) is 16.9 Å². The fourth-order valence-electron chi connectivity index (χ4n) is 3.42. The van der Waals surface area contributed by atoms with Crippen LogP contribution in [-0.2, 0) is 22.7 Å². The first-order valence-electron chi connectivity index (χ1n) is 11.1. The number of rotatable bonds is 10. The number of ether oxygens (including phenoxy) is 2. The number of halogens is 2. The number of anilines is 1. The Kier molecular flexibility index (Phi) is 9.25. The molecule has 37 heavy (non-hydrogen) atoms. The number of hydrogen-bond acceptors (Lipinski definition) is 8. The first-order chi connectivity index (χ1) is 17.9. The molecule has 0 unspecified atom stereocenters. The van der Waals surface area contributed by atoms with Gasteiger partial charge in [0.2, 0.25) is 5.91 Å². The summed E-state index contributed by atoms with van der Waals surface area (Å²) < 4.78 is 13.7. The number of methoxy groups -OCH3 is 1. The zero-order chi connectivity index (χ0) is 26.4. The van der Waals surface area contributed by atoms with Crippen LogP contribution in [0, 0.1) is 0 Å². The summed E-state index contributed by atoms with van der Waals surface area (Å²) >= 11 is 11.9. The molecule has 192 valence electrons. The SMILES string of the molecule is CCn1c(COc2ccc(Br)cc2)nnc1SCC(=O)Nc1scc(-c2ccc(Cl)cc2)c1C(=O)OC. The van der Waals surface area contributed by atoms with Crippen LogP contribution in [0.2, 0.25) is 5.02 Å². The van der Waals surface area contributed by atoms with E-state index in [0.29, 0.717) is 38.7 Å². The molecule has 0 aliphatic heterocycles. The Morgan fingerprint density at radius 2 is 1.86 bits per heavy atom. The highest BCUT2D eigenvalue weighted by Gasteiger charge is 2.23. The van der Waals surface area contributed by atoms with E-state index in [-0.39, 0.29) is 18.3 Å². The monoisotopic (exact) mass is 620 g/mol. The van der Waals surface area contributed by atoms with Crippen LogP contribution in [0.15, 0.2) is 63.5 Å². The van der Waals surface area contributed by atoms with Crippen LogP contribution in [0.5, 0.6) is 5.75 Å². The van der Waals surface area contributed by atoms with Gasteiger partial charge in [0.25, 0.3) is 0 Å². The van der Waals surface area contributed by atoms with Crippen LogP contribution in [0.3, 0.4) is 0 Å². The minimum absolute atomic E-state index is 0.0838. The van der Waals surface area contributed by atoms with E-state index in [1.165, 1.54) is 30.2 Å². The second-order valence-electron chi connectivity index (χ2n) is 7.57. The highest BCUT2D eigenvalue weighted by atomic mass is 79.9. The predicted octanol–water partition coefficient (Wildman–Crippen LogP) is 6.54. The number of nitrogens with zero attached hydrogens (tertiary/aromatic N) is 3. The zero-order valence-corrected chi connectivity index (χ0v) is 23.8. The van der Waals surface area contributed by atoms with Gasteiger partial charge in [0.15, 0.2) is 11.0 Å². The van der Waals surface area contributed by atoms with Crippen molar-refractivity contribution in [2.75, 3.05) is 18.2 Å². The van der Waals surface area contributed by atoms with Gasteiger partial charge in [0.05, 0.1) is 12.9 Å². The molecule has 4 aromatic rings. The van der Waals surface area contributed by atoms with Crippen LogP contribution in [0.25, 0.3) is 11.1 Å². The minimum atomic E-state index is -0.532. The van der Waals surface area contributed by atoms with E-state index < -0.39 is 5.97 Å². The third kappa shape index (κ3) is 6.72. The number of benzene rings is 2. The number of carbonyl (C=O) groups is 2. The van der Waals surface area contributed by atoms with Gasteiger partial charge in [0.1, 0.15) is 22.9 Å². The Balaban J connectivity index is 1.42. The third-order valence-electron chi connectivity index (χ3n) is 5.21. The summed E-state index contributed by atoms with van der Waals surface area (Å²) in [6, 6.07) is 14.6. The van der Waals surface area contributed by atoms with Gasteiger partial charge in [-0.05, 0) is 48.9 Å². The zero-order valence-electron chi connectivity index (χ0n) is 19.9. The molecular weight excluding hydrogens is 600 g/mol. The van der Waals surface area contributed by atoms with Gasteiger partial charge in [-0.3, -0.25) is 4.79 Å². The first kappa shape index (κ1) is 27.2. The molecule has 0 saturated heterocycles. The van der Waals surface area contributed by atoms with Crippen LogP contribution < -0.4 is 10.1 Å². The van der Waals surface area contributed by atoms with E-state index in [1.54, 1.807) is 12.1 Å². The summed E-state index contributed by atoms with van der Waals surface area (Å²) in [6.07, 6.45) is 0. The van der Waals surface area contributed by atoms with Crippen molar-refractivity contribution < 1.29 is 19.1 Å². The van der Waals surface area contributed by atoms with E-state index in [9.17, 15) is 9.59 Å². The number of hydrogen-bond donors (Lipinski definition) is 1. The lowest BCUT2D eigenvalue weighted by atomic mass is 10.0. The molecule has 0 atom stereocenters. The maximum atomic E-state index is 12.8. The summed E-state index contributed by atoms with van der Waals surface area (Å²) in [7, 11) is 1.31. The Bertz CT molecular complexity index is 1390. The molecule has 0 radical (unpaired) electrons. The molecule has 0 bridgehead atoms. The third-order valence-corrected chi connectivity index (χ3v) is 7.86. The van der Waals surface area contributed by atoms with Crippen molar-refractivity contribution in [1.29, 1.82) is 0 Å². The fraction of sp³-hybridized carbons (Fsp3) is 0.200. The lowest BCUT2D eigenvalue weighted by Gasteiger charge is -2.09. The highest BCUT2D eigenvalue weighted by Crippen LogP contribution is 2.36. The summed E-state index contributed by atoms with van der Waals surface area (Å²) in [4.78, 5) is 25.4. The summed E-state index contributed by atoms with van der Waals surface area (Å²) in [6.45, 7) is 2.85. The molecule has 2 heterocycles. The smallest absolute Gasteiger partial charge is 0.341 e. The quantitative estimate of drug-likeness (QED) is 0.159. The molecule has 12 heteroatoms. The number of thioether (sulfide) groups is 1. The van der Waals surface area contributed by atoms with Gasteiger partial charge in [-0.2, -0.15) is 0 Å². The summed E-state index contributed by atoms with van der Waals surface area (Å²) in [5.41, 5.74) is 1.76. The molecule has 8 nitrogen and oxygen atoms in total. The van der Waals surface area contributed by atoms with Gasteiger partial charge >= 0.3 is 5.97 Å². The van der Waals surface area contributed by atoms with E-state index in [0.717, 1.165) is 15.8 Å². The van der Waals surface area contributed by atoms with Crippen molar-refractivity contribution in [3.05, 3.63) is 74.8 Å². The van der Waals surface area contributed by atoms with Crippen LogP contribution in [0.1, 0.15) is 23.1 Å². The standard InChI is InChI=1S/C25H22BrClN4O4S2/c1-3-31-20(12-35-18-10-6-16(26)7-11-18)29-30-25(31)37-14-21(32)28-23-22(24(33)34-2)19(13-36-23)15-4-8-17(27)9-5-15/h4-11,13H,3,12,14H2,1-2H3,(H,28,32). The number of aromatic nitrogens is 3. The van der Waals surface area contributed by atoms with E-state index in [4.69, 9.17) is 21.1 Å². The average molecular weight is 622 g/mol. The summed E-state index contributed by atoms with van der Waals surface area (Å²) in [5, 5.41) is 14.7. The van der Waals surface area contributed by atoms with Crippen LogP contribution >= 0.6 is 50.6 Å². The second kappa shape index (κ2) is 12.6. The Hall–Kier alpha value is -2.86. The number of amides is 1. The first-order valence-corrected chi connectivity index (χ1v) is 14.1. The number of esters is 1. The fourth-order valence-corrected chi connectivity index (χ4v) is 5.60. The molecule has 0 fully saturated rings. The topological polar surface area (TPSA) is 95.3 Å². The predicted molar refractivity (Wildman–Crippen MR) is 150 cm³/mol. The Morgan fingerprint density at radius 1 is 1.14 bits per heavy atom. The van der Waals surface area contributed by atoms with Crippen molar-refractivity contribution in [3.63, 3.8) is 0 Å². The molecule has 0 saturated carbocycles. The van der Waals surface area contributed by atoms with E-state index in [2.05, 4.69) is 31.4 Å². The number of carbonyl (C=O) groups excluding carboxylic acids is 2. The van der Waals surface area contributed by atoms with Crippen molar-refractivity contribution in [1.82, 2.24) is 14.8 Å². The molecule has 1 amide bonds. The molecule has 4 rings (SSSR count). The molecule has 0 spiro atoms. The van der Waals surface area contributed by atoms with Crippen molar-refractivity contribution in [2.45, 2.75) is 25.2 Å². The van der Waals surface area contributed by atoms with E-state index in [1.807, 2.05) is 53.3 Å². The van der Waals surface area contributed by atoms with Crippen molar-refractivity contribution >= 4 is 67.5 Å². The van der Waals surface area contributed by atoms with Gasteiger partial charge in [-0.25, -0.2) is 4.79 Å². The Morgan fingerprint density at radius 3 is 2.54 bits per heavy atom.